The van der Waals surface area contributed by atoms with E-state index in [1.807, 2.05) is 30.3 Å². The molecule has 0 unspecified atom stereocenters. The van der Waals surface area contributed by atoms with Crippen LogP contribution < -0.4 is 10.5 Å². The zero-order valence-electron chi connectivity index (χ0n) is 32.4. The van der Waals surface area contributed by atoms with Gasteiger partial charge in [-0.15, -0.1) is 0 Å². The summed E-state index contributed by atoms with van der Waals surface area (Å²) in [6.45, 7) is -1.29. The summed E-state index contributed by atoms with van der Waals surface area (Å²) in [5, 5.41) is 73.9. The second-order valence-corrected chi connectivity index (χ2v) is 15.4. The van der Waals surface area contributed by atoms with Crippen LogP contribution in [0.15, 0.2) is 72.8 Å². The van der Waals surface area contributed by atoms with Crippen LogP contribution in [0.3, 0.4) is 0 Å². The Balaban J connectivity index is 1.30. The molecule has 2 saturated heterocycles. The lowest BCUT2D eigenvalue weighted by Crippen LogP contribution is -2.72. The van der Waals surface area contributed by atoms with E-state index in [1.54, 1.807) is 6.07 Å². The van der Waals surface area contributed by atoms with Crippen LogP contribution in [0.1, 0.15) is 47.9 Å². The van der Waals surface area contributed by atoms with Gasteiger partial charge in [0.25, 0.3) is 0 Å². The molecule has 3 fully saturated rings. The van der Waals surface area contributed by atoms with Crippen molar-refractivity contribution >= 4 is 29.7 Å². The topological polar surface area (TPSA) is 256 Å². The Bertz CT molecular complexity index is 2040. The molecule has 316 valence electrons. The summed E-state index contributed by atoms with van der Waals surface area (Å²) in [6.07, 6.45) is 2.01. The SMILES string of the molecule is NCCOc1ccc(C=CC(=O)CO[C@@]2(C(=O)O)C[C@@H](O)[C@H]3OC[C@H](CCc4ccccc4)C[C@]4(C(=O)C=Cc5cc(O)c(O)cc5CO)O[C@@H]3[C@H]2C[C@@H]4CO)cc1O. The summed E-state index contributed by atoms with van der Waals surface area (Å²) >= 11 is 0. The Kier molecular flexibility index (Phi) is 13.9. The first-order chi connectivity index (χ1) is 28.3. The molecule has 1 saturated carbocycles. The van der Waals surface area contributed by atoms with Crippen LogP contribution in [-0.2, 0) is 41.6 Å². The third-order valence-corrected chi connectivity index (χ3v) is 11.7. The lowest BCUT2D eigenvalue weighted by atomic mass is 9.60. The molecule has 0 radical (unpaired) electrons. The van der Waals surface area contributed by atoms with E-state index in [0.717, 1.165) is 5.56 Å². The zero-order valence-corrected chi connectivity index (χ0v) is 32.4. The number of phenolic OH excluding ortho intramolecular Hbond substituents is 3. The van der Waals surface area contributed by atoms with E-state index in [9.17, 15) is 50.1 Å². The van der Waals surface area contributed by atoms with Crippen molar-refractivity contribution in [3.8, 4) is 23.0 Å². The van der Waals surface area contributed by atoms with Gasteiger partial charge in [-0.3, -0.25) is 9.59 Å². The summed E-state index contributed by atoms with van der Waals surface area (Å²) < 4.78 is 24.5. The van der Waals surface area contributed by atoms with Crippen molar-refractivity contribution in [2.45, 2.75) is 68.2 Å². The van der Waals surface area contributed by atoms with E-state index >= 15 is 0 Å². The quantitative estimate of drug-likeness (QED) is 0.0720. The number of benzene rings is 3. The minimum atomic E-state index is -2.20. The number of hydrogen-bond donors (Lipinski definition) is 8. The molecule has 3 aliphatic rings. The molecular weight excluding hydrogens is 766 g/mol. The molecule has 8 atom stereocenters. The number of carboxylic acids is 1. The van der Waals surface area contributed by atoms with Crippen LogP contribution in [0.5, 0.6) is 23.0 Å². The minimum absolute atomic E-state index is 0.0633. The minimum Gasteiger partial charge on any atom is -0.504 e. The van der Waals surface area contributed by atoms with Crippen molar-refractivity contribution in [3.63, 3.8) is 0 Å². The van der Waals surface area contributed by atoms with Crippen molar-refractivity contribution in [1.82, 2.24) is 0 Å². The monoisotopic (exact) mass is 817 g/mol. The molecule has 3 aromatic rings. The predicted molar refractivity (Wildman–Crippen MR) is 212 cm³/mol. The second kappa shape index (κ2) is 18.8. The molecule has 6 rings (SSSR count). The molecule has 0 amide bonds. The number of fused-ring (bicyclic) bond motifs is 1. The Labute approximate surface area is 340 Å². The Hall–Kier alpha value is -5.13. The number of aliphatic hydroxyl groups is 3. The molecule has 0 aromatic heterocycles. The number of carbonyl (C=O) groups excluding carboxylic acids is 2. The Morgan fingerprint density at radius 2 is 1.68 bits per heavy atom. The number of aryl methyl sites for hydroxylation is 1. The van der Waals surface area contributed by atoms with E-state index in [2.05, 4.69) is 0 Å². The van der Waals surface area contributed by atoms with Gasteiger partial charge in [-0.1, -0.05) is 48.6 Å². The summed E-state index contributed by atoms with van der Waals surface area (Å²) in [7, 11) is 0. The fraction of sp³-hybridized carbons (Fsp3) is 0.432. The van der Waals surface area contributed by atoms with Gasteiger partial charge in [0, 0.05) is 31.4 Å². The molecule has 15 heteroatoms. The number of carbonyl (C=O) groups is 3. The number of phenols is 3. The number of ketones is 2. The van der Waals surface area contributed by atoms with Crippen molar-refractivity contribution in [3.05, 3.63) is 95.1 Å². The third kappa shape index (κ3) is 9.36. The van der Waals surface area contributed by atoms with Gasteiger partial charge in [-0.25, -0.2) is 4.79 Å². The first-order valence-corrected chi connectivity index (χ1v) is 19.6. The summed E-state index contributed by atoms with van der Waals surface area (Å²) in [5.41, 5.74) is 3.48. The predicted octanol–water partition coefficient (Wildman–Crippen LogP) is 2.89. The number of ether oxygens (including phenoxy) is 4. The smallest absolute Gasteiger partial charge is 0.336 e. The molecule has 1 aliphatic carbocycles. The van der Waals surface area contributed by atoms with Gasteiger partial charge < -0.3 is 60.4 Å². The maximum atomic E-state index is 14.7. The third-order valence-electron chi connectivity index (χ3n) is 11.7. The van der Waals surface area contributed by atoms with E-state index < -0.39 is 96.6 Å². The molecule has 59 heavy (non-hydrogen) atoms. The van der Waals surface area contributed by atoms with Crippen molar-refractivity contribution in [1.29, 1.82) is 0 Å². The fourth-order valence-corrected chi connectivity index (χ4v) is 8.61. The highest BCUT2D eigenvalue weighted by Gasteiger charge is 2.66. The highest BCUT2D eigenvalue weighted by Crippen LogP contribution is 2.53. The average Bonchev–Trinajstić information content (AvgIpc) is 3.22. The molecule has 0 spiro atoms. The number of aliphatic hydroxyl groups excluding tert-OH is 3. The van der Waals surface area contributed by atoms with Crippen LogP contribution in [0.2, 0.25) is 0 Å². The lowest BCUT2D eigenvalue weighted by Gasteiger charge is -2.59. The summed E-state index contributed by atoms with van der Waals surface area (Å²) in [4.78, 5) is 41.1. The van der Waals surface area contributed by atoms with E-state index in [-0.39, 0.29) is 61.1 Å². The number of rotatable bonds is 17. The Morgan fingerprint density at radius 3 is 2.37 bits per heavy atom. The average molecular weight is 818 g/mol. The van der Waals surface area contributed by atoms with Gasteiger partial charge in [0.15, 0.2) is 40.2 Å². The van der Waals surface area contributed by atoms with Crippen LogP contribution >= 0.6 is 0 Å². The van der Waals surface area contributed by atoms with E-state index in [1.165, 1.54) is 48.6 Å². The van der Waals surface area contributed by atoms with Gasteiger partial charge in [-0.2, -0.15) is 0 Å². The molecule has 15 nitrogen and oxygen atoms in total. The molecule has 2 bridgehead atoms. The highest BCUT2D eigenvalue weighted by atomic mass is 16.6. The number of aliphatic carboxylic acids is 1. The van der Waals surface area contributed by atoms with Gasteiger partial charge in [0.05, 0.1) is 25.4 Å². The van der Waals surface area contributed by atoms with Crippen molar-refractivity contribution < 1.29 is 69.1 Å². The van der Waals surface area contributed by atoms with Crippen LogP contribution in [0.4, 0.5) is 0 Å². The van der Waals surface area contributed by atoms with Crippen LogP contribution in [-0.4, -0.2) is 116 Å². The van der Waals surface area contributed by atoms with E-state index in [0.29, 0.717) is 18.4 Å². The number of nitrogens with two attached hydrogens (primary N) is 1. The van der Waals surface area contributed by atoms with Gasteiger partial charge in [0.2, 0.25) is 0 Å². The van der Waals surface area contributed by atoms with E-state index in [4.69, 9.17) is 24.7 Å². The molecule has 2 aliphatic heterocycles. The first-order valence-electron chi connectivity index (χ1n) is 19.6. The zero-order chi connectivity index (χ0) is 42.3. The molecular formula is C44H51NO14. The van der Waals surface area contributed by atoms with Crippen LogP contribution in [0, 0.1) is 17.8 Å². The molecule has 9 N–H and O–H groups in total. The fourth-order valence-electron chi connectivity index (χ4n) is 8.61. The summed E-state index contributed by atoms with van der Waals surface area (Å²) in [6, 6.07) is 16.6. The van der Waals surface area contributed by atoms with Gasteiger partial charge >= 0.3 is 5.97 Å². The molecule has 3 aromatic carbocycles. The summed E-state index contributed by atoms with van der Waals surface area (Å²) in [5.74, 6) is -5.95. The normalized spacial score (nSPS) is 27.9. The standard InChI is InChI=1S/C44H51NO14/c45-14-15-56-38-12-9-27(16-36(38)51)8-11-32(48)25-58-44(42(54)55)21-37(52)41-40-33(44)19-31(23-47)43(59-40,20-28(24-57-41)7-6-26-4-2-1-3-5-26)39(53)13-10-29-17-34(49)35(50)18-30(29)22-46/h1-5,8-13,16-18,28,31,33,37,40-41,46-47,49-52H,6-7,14-15,19-25,45H2,(H,54,55)/t28-,31-,33-,37-,40-,41-,43+,44+/m1/s1. The van der Waals surface area contributed by atoms with Gasteiger partial charge in [0.1, 0.15) is 24.9 Å². The lowest BCUT2D eigenvalue weighted by molar-refractivity contribution is -0.302. The van der Waals surface area contributed by atoms with Crippen LogP contribution in [0.25, 0.3) is 12.2 Å². The first kappa shape index (κ1) is 43.4. The van der Waals surface area contributed by atoms with Crippen molar-refractivity contribution in [2.75, 3.05) is 33.0 Å². The number of hydrogen-bond acceptors (Lipinski definition) is 14. The second-order valence-electron chi connectivity index (χ2n) is 15.4. The highest BCUT2D eigenvalue weighted by molar-refractivity contribution is 6.01. The maximum absolute atomic E-state index is 14.7. The van der Waals surface area contributed by atoms with Crippen molar-refractivity contribution in [2.24, 2.45) is 23.5 Å². The Morgan fingerprint density at radius 1 is 0.915 bits per heavy atom. The number of aromatic hydroxyl groups is 3. The maximum Gasteiger partial charge on any atom is 0.336 e. The molecule has 2 heterocycles. The largest absolute Gasteiger partial charge is 0.504 e. The number of carboxylic acid groups (broad SMARTS) is 1. The van der Waals surface area contributed by atoms with Gasteiger partial charge in [-0.05, 0) is 90.3 Å².